The molecule has 14 heavy (non-hydrogen) atoms. The Kier molecular flexibility index (Phi) is 3.44. The Hall–Kier alpha value is -0.520. The molecule has 2 rings (SSSR count). The summed E-state index contributed by atoms with van der Waals surface area (Å²) >= 11 is 1.43. The number of aromatic nitrogens is 2. The Morgan fingerprint density at radius 1 is 1.57 bits per heavy atom. The molecule has 1 aromatic rings. The third kappa shape index (κ3) is 2.50. The Morgan fingerprint density at radius 3 is 2.93 bits per heavy atom. The number of likely N-dealkylation sites (tertiary alicyclic amines) is 1. The van der Waals surface area contributed by atoms with Crippen LogP contribution in [0.3, 0.4) is 0 Å². The van der Waals surface area contributed by atoms with E-state index in [1.165, 1.54) is 37.5 Å². The molecule has 0 aromatic carbocycles. The molecule has 0 unspecified atom stereocenters. The predicted octanol–water partition coefficient (Wildman–Crippen LogP) is 0.722. The third-order valence-corrected chi connectivity index (χ3v) is 3.34. The van der Waals surface area contributed by atoms with Crippen LogP contribution in [0.25, 0.3) is 0 Å². The van der Waals surface area contributed by atoms with E-state index in [0.29, 0.717) is 6.04 Å². The minimum atomic E-state index is 0.708. The van der Waals surface area contributed by atoms with E-state index in [4.69, 9.17) is 0 Å². The molecular weight excluding hydrogens is 196 g/mol. The summed E-state index contributed by atoms with van der Waals surface area (Å²) in [7, 11) is 2.05. The quantitative estimate of drug-likeness (QED) is 0.801. The summed E-state index contributed by atoms with van der Waals surface area (Å²) in [5.74, 6) is 0. The van der Waals surface area contributed by atoms with Crippen molar-refractivity contribution < 1.29 is 0 Å². The Balaban J connectivity index is 1.79. The second-order valence-electron chi connectivity index (χ2n) is 3.74. The molecule has 4 nitrogen and oxygen atoms in total. The van der Waals surface area contributed by atoms with Gasteiger partial charge in [0.1, 0.15) is 0 Å². The average molecular weight is 212 g/mol. The molecule has 0 bridgehead atoms. The molecule has 1 aliphatic rings. The first-order chi connectivity index (χ1) is 6.88. The van der Waals surface area contributed by atoms with Crippen molar-refractivity contribution in [3.05, 3.63) is 11.1 Å². The fourth-order valence-corrected chi connectivity index (χ4v) is 2.30. The zero-order valence-electron chi connectivity index (χ0n) is 8.44. The average Bonchev–Trinajstić information content (AvgIpc) is 2.72. The van der Waals surface area contributed by atoms with Gasteiger partial charge in [-0.2, -0.15) is 0 Å². The summed E-state index contributed by atoms with van der Waals surface area (Å²) < 4.78 is 3.87. The van der Waals surface area contributed by atoms with Gasteiger partial charge >= 0.3 is 0 Å². The fourth-order valence-electron chi connectivity index (χ4n) is 1.86. The molecule has 78 valence electrons. The third-order valence-electron chi connectivity index (χ3n) is 2.79. The van der Waals surface area contributed by atoms with Crippen LogP contribution in [-0.2, 0) is 6.54 Å². The number of nitrogens with one attached hydrogen (secondary N) is 1. The molecule has 1 fully saturated rings. The maximum Gasteiger partial charge on any atom is 0.0895 e. The molecule has 1 saturated heterocycles. The first-order valence-corrected chi connectivity index (χ1v) is 5.87. The summed E-state index contributed by atoms with van der Waals surface area (Å²) in [4.78, 5) is 2.45. The highest BCUT2D eigenvalue weighted by molar-refractivity contribution is 7.03. The number of hydrogen-bond acceptors (Lipinski definition) is 5. The number of hydrogen-bond donors (Lipinski definition) is 1. The van der Waals surface area contributed by atoms with Gasteiger partial charge in [-0.15, -0.1) is 5.10 Å². The first kappa shape index (κ1) is 10.0. The Labute approximate surface area is 88.5 Å². The smallest absolute Gasteiger partial charge is 0.0895 e. The van der Waals surface area contributed by atoms with E-state index in [1.54, 1.807) is 0 Å². The normalized spacial score (nSPS) is 20.1. The van der Waals surface area contributed by atoms with Crippen molar-refractivity contribution in [3.8, 4) is 0 Å². The molecule has 0 atom stereocenters. The molecule has 0 aliphatic carbocycles. The lowest BCUT2D eigenvalue weighted by Gasteiger charge is -2.30. The Bertz CT molecular complexity index is 254. The van der Waals surface area contributed by atoms with Crippen LogP contribution in [0.15, 0.2) is 5.38 Å². The van der Waals surface area contributed by atoms with Gasteiger partial charge in [0.2, 0.25) is 0 Å². The van der Waals surface area contributed by atoms with E-state index in [-0.39, 0.29) is 0 Å². The van der Waals surface area contributed by atoms with E-state index in [9.17, 15) is 0 Å². The summed E-state index contributed by atoms with van der Waals surface area (Å²) in [5.41, 5.74) is 1.11. The first-order valence-electron chi connectivity index (χ1n) is 5.04. The molecule has 5 heteroatoms. The lowest BCUT2D eigenvalue weighted by atomic mass is 10.1. The predicted molar refractivity (Wildman–Crippen MR) is 57.3 cm³/mol. The van der Waals surface area contributed by atoms with Crippen molar-refractivity contribution in [3.63, 3.8) is 0 Å². The summed E-state index contributed by atoms with van der Waals surface area (Å²) in [6.45, 7) is 3.30. The molecule has 1 aliphatic heterocycles. The van der Waals surface area contributed by atoms with E-state index in [1.807, 2.05) is 12.4 Å². The van der Waals surface area contributed by atoms with Gasteiger partial charge in [-0.25, -0.2) is 0 Å². The minimum Gasteiger partial charge on any atom is -0.317 e. The SMILES string of the molecule is CNC1CCN(Cc2csnn2)CC1. The van der Waals surface area contributed by atoms with E-state index >= 15 is 0 Å². The lowest BCUT2D eigenvalue weighted by molar-refractivity contribution is 0.192. The van der Waals surface area contributed by atoms with Crippen LogP contribution in [0, 0.1) is 0 Å². The van der Waals surface area contributed by atoms with Crippen LogP contribution >= 0.6 is 11.5 Å². The van der Waals surface area contributed by atoms with Crippen molar-refractivity contribution in [1.82, 2.24) is 19.8 Å². The molecule has 0 radical (unpaired) electrons. The highest BCUT2D eigenvalue weighted by Crippen LogP contribution is 2.12. The van der Waals surface area contributed by atoms with Gasteiger partial charge < -0.3 is 5.32 Å². The van der Waals surface area contributed by atoms with Crippen LogP contribution in [0.1, 0.15) is 18.5 Å². The van der Waals surface area contributed by atoms with Gasteiger partial charge in [-0.1, -0.05) is 4.49 Å². The van der Waals surface area contributed by atoms with Crippen LogP contribution in [0.5, 0.6) is 0 Å². The lowest BCUT2D eigenvalue weighted by Crippen LogP contribution is -2.40. The van der Waals surface area contributed by atoms with Crippen molar-refractivity contribution >= 4 is 11.5 Å². The number of rotatable bonds is 3. The topological polar surface area (TPSA) is 41.0 Å². The summed E-state index contributed by atoms with van der Waals surface area (Å²) in [6, 6.07) is 0.708. The van der Waals surface area contributed by atoms with Crippen LogP contribution in [-0.4, -0.2) is 40.7 Å². The molecule has 1 aromatic heterocycles. The molecule has 1 N–H and O–H groups in total. The van der Waals surface area contributed by atoms with Gasteiger partial charge in [0.15, 0.2) is 0 Å². The minimum absolute atomic E-state index is 0.708. The zero-order valence-corrected chi connectivity index (χ0v) is 9.26. The van der Waals surface area contributed by atoms with Crippen molar-refractivity contribution in [2.45, 2.75) is 25.4 Å². The maximum absolute atomic E-state index is 4.06. The van der Waals surface area contributed by atoms with Crippen molar-refractivity contribution in [2.75, 3.05) is 20.1 Å². The van der Waals surface area contributed by atoms with E-state index < -0.39 is 0 Å². The molecule has 2 heterocycles. The van der Waals surface area contributed by atoms with Gasteiger partial charge in [0.25, 0.3) is 0 Å². The standard InChI is InChI=1S/C9H16N4S/c1-10-8-2-4-13(5-3-8)6-9-7-14-12-11-9/h7-8,10H,2-6H2,1H3. The van der Waals surface area contributed by atoms with Gasteiger partial charge in [0.05, 0.1) is 5.69 Å². The molecule has 0 saturated carbocycles. The monoisotopic (exact) mass is 212 g/mol. The molecule has 0 spiro atoms. The van der Waals surface area contributed by atoms with Crippen molar-refractivity contribution in [1.29, 1.82) is 0 Å². The zero-order chi connectivity index (χ0) is 9.80. The molecule has 0 amide bonds. The summed E-state index contributed by atoms with van der Waals surface area (Å²) in [6.07, 6.45) is 2.49. The van der Waals surface area contributed by atoms with Crippen LogP contribution < -0.4 is 5.32 Å². The van der Waals surface area contributed by atoms with Gasteiger partial charge in [-0.3, -0.25) is 4.90 Å². The largest absolute Gasteiger partial charge is 0.317 e. The number of piperidine rings is 1. The molecular formula is C9H16N4S. The summed E-state index contributed by atoms with van der Waals surface area (Å²) in [5, 5.41) is 9.42. The Morgan fingerprint density at radius 2 is 2.36 bits per heavy atom. The van der Waals surface area contributed by atoms with E-state index in [2.05, 4.69) is 19.8 Å². The van der Waals surface area contributed by atoms with E-state index in [0.717, 1.165) is 12.2 Å². The second kappa shape index (κ2) is 4.82. The van der Waals surface area contributed by atoms with Crippen LogP contribution in [0.2, 0.25) is 0 Å². The fraction of sp³-hybridized carbons (Fsp3) is 0.778. The van der Waals surface area contributed by atoms with Gasteiger partial charge in [-0.05, 0) is 31.4 Å². The highest BCUT2D eigenvalue weighted by Gasteiger charge is 2.17. The number of nitrogens with zero attached hydrogens (tertiary/aromatic N) is 3. The van der Waals surface area contributed by atoms with Gasteiger partial charge in [0, 0.05) is 31.1 Å². The highest BCUT2D eigenvalue weighted by atomic mass is 32.1. The van der Waals surface area contributed by atoms with Crippen molar-refractivity contribution in [2.24, 2.45) is 0 Å². The second-order valence-corrected chi connectivity index (χ2v) is 4.35. The maximum atomic E-state index is 4.06. The van der Waals surface area contributed by atoms with Crippen LogP contribution in [0.4, 0.5) is 0 Å².